The Morgan fingerprint density at radius 2 is 1.22 bits per heavy atom. The number of unbranched alkanes of at least 4 members (excludes halogenated alkanes) is 7. The predicted octanol–water partition coefficient (Wildman–Crippen LogP) is 4.52. The maximum atomic E-state index is 5.48. The van der Waals surface area contributed by atoms with Gasteiger partial charge in [-0.25, -0.2) is 0 Å². The van der Waals surface area contributed by atoms with Gasteiger partial charge in [0.2, 0.25) is 0 Å². The van der Waals surface area contributed by atoms with Crippen LogP contribution in [-0.4, -0.2) is 19.8 Å². The Hall–Kier alpha value is -0.0800. The second-order valence-electron chi connectivity index (χ2n) is 5.77. The number of rotatable bonds is 14. The van der Waals surface area contributed by atoms with E-state index in [1.54, 1.807) is 0 Å². The smallest absolute Gasteiger partial charge is 0.0478 e. The first-order chi connectivity index (χ1) is 8.77. The first-order valence-corrected chi connectivity index (χ1v) is 8.05. The van der Waals surface area contributed by atoms with Crippen molar-refractivity contribution in [3.05, 3.63) is 0 Å². The Balaban J connectivity index is 2.90. The predicted molar refractivity (Wildman–Crippen MR) is 80.9 cm³/mol. The van der Waals surface area contributed by atoms with Gasteiger partial charge in [0, 0.05) is 13.2 Å². The minimum absolute atomic E-state index is 0.747. The van der Waals surface area contributed by atoms with Crippen molar-refractivity contribution in [1.82, 2.24) is 0 Å². The average molecular weight is 257 g/mol. The lowest BCUT2D eigenvalue weighted by molar-refractivity contribution is 0.129. The van der Waals surface area contributed by atoms with Crippen LogP contribution in [0.1, 0.15) is 78.1 Å². The van der Waals surface area contributed by atoms with Crippen molar-refractivity contribution >= 4 is 0 Å². The second kappa shape index (κ2) is 15.0. The summed E-state index contributed by atoms with van der Waals surface area (Å²) in [5.41, 5.74) is 5.40. The molecule has 0 saturated heterocycles. The van der Waals surface area contributed by atoms with E-state index in [2.05, 4.69) is 13.8 Å². The van der Waals surface area contributed by atoms with Gasteiger partial charge in [-0.15, -0.1) is 0 Å². The molecule has 0 heterocycles. The van der Waals surface area contributed by atoms with Crippen LogP contribution in [0.4, 0.5) is 0 Å². The molecule has 18 heavy (non-hydrogen) atoms. The standard InChI is InChI=1S/C16H35NO/c1-16(2)12-9-7-5-3-4-6-8-10-14-18-15-11-13-17/h16H,3-15,17H2,1-2H3. The summed E-state index contributed by atoms with van der Waals surface area (Å²) in [6, 6.07) is 0. The van der Waals surface area contributed by atoms with Crippen LogP contribution in [-0.2, 0) is 4.74 Å². The molecule has 110 valence electrons. The second-order valence-corrected chi connectivity index (χ2v) is 5.77. The molecule has 0 aromatic rings. The number of hydrogen-bond donors (Lipinski definition) is 1. The van der Waals surface area contributed by atoms with Crippen LogP contribution in [0.25, 0.3) is 0 Å². The van der Waals surface area contributed by atoms with E-state index < -0.39 is 0 Å². The fraction of sp³-hybridized carbons (Fsp3) is 1.00. The van der Waals surface area contributed by atoms with Crippen LogP contribution >= 0.6 is 0 Å². The fourth-order valence-electron chi connectivity index (χ4n) is 2.10. The van der Waals surface area contributed by atoms with Crippen LogP contribution in [0.15, 0.2) is 0 Å². The molecular weight excluding hydrogens is 222 g/mol. The quantitative estimate of drug-likeness (QED) is 0.464. The molecule has 2 N–H and O–H groups in total. The number of hydrogen-bond acceptors (Lipinski definition) is 2. The van der Waals surface area contributed by atoms with Gasteiger partial charge >= 0.3 is 0 Å². The molecule has 0 unspecified atom stereocenters. The van der Waals surface area contributed by atoms with Crippen LogP contribution in [0.2, 0.25) is 0 Å². The van der Waals surface area contributed by atoms with Crippen molar-refractivity contribution in [2.75, 3.05) is 19.8 Å². The zero-order valence-corrected chi connectivity index (χ0v) is 12.8. The topological polar surface area (TPSA) is 35.2 Å². The van der Waals surface area contributed by atoms with E-state index in [-0.39, 0.29) is 0 Å². The lowest BCUT2D eigenvalue weighted by Gasteiger charge is -2.05. The van der Waals surface area contributed by atoms with Crippen molar-refractivity contribution in [1.29, 1.82) is 0 Å². The summed E-state index contributed by atoms with van der Waals surface area (Å²) in [6.07, 6.45) is 13.4. The van der Waals surface area contributed by atoms with E-state index in [1.165, 1.54) is 57.8 Å². The number of nitrogens with two attached hydrogens (primary N) is 1. The van der Waals surface area contributed by atoms with Gasteiger partial charge in [-0.05, 0) is 25.3 Å². The molecule has 0 spiro atoms. The molecule has 0 bridgehead atoms. The monoisotopic (exact) mass is 257 g/mol. The average Bonchev–Trinajstić information content (AvgIpc) is 2.34. The Morgan fingerprint density at radius 1 is 0.722 bits per heavy atom. The summed E-state index contributed by atoms with van der Waals surface area (Å²) >= 11 is 0. The molecule has 0 fully saturated rings. The summed E-state index contributed by atoms with van der Waals surface area (Å²) in [5, 5.41) is 0. The van der Waals surface area contributed by atoms with Gasteiger partial charge in [-0.3, -0.25) is 0 Å². The largest absolute Gasteiger partial charge is 0.381 e. The van der Waals surface area contributed by atoms with Gasteiger partial charge in [0.1, 0.15) is 0 Å². The minimum atomic E-state index is 0.747. The van der Waals surface area contributed by atoms with Crippen LogP contribution in [0.5, 0.6) is 0 Å². The van der Waals surface area contributed by atoms with E-state index >= 15 is 0 Å². The van der Waals surface area contributed by atoms with Crippen molar-refractivity contribution in [2.45, 2.75) is 78.1 Å². The summed E-state index contributed by atoms with van der Waals surface area (Å²) in [5.74, 6) is 0.879. The van der Waals surface area contributed by atoms with E-state index in [0.717, 1.165) is 32.1 Å². The SMILES string of the molecule is CC(C)CCCCCCCCCCOCCCN. The third kappa shape index (κ3) is 15.9. The van der Waals surface area contributed by atoms with Crippen molar-refractivity contribution in [3.8, 4) is 0 Å². The van der Waals surface area contributed by atoms with Crippen molar-refractivity contribution in [3.63, 3.8) is 0 Å². The zero-order valence-electron chi connectivity index (χ0n) is 12.8. The van der Waals surface area contributed by atoms with E-state index in [0.29, 0.717) is 0 Å². The first kappa shape index (κ1) is 17.9. The molecule has 0 rings (SSSR count). The number of ether oxygens (including phenoxy) is 1. The molecule has 0 radical (unpaired) electrons. The van der Waals surface area contributed by atoms with E-state index in [1.807, 2.05) is 0 Å². The van der Waals surface area contributed by atoms with Gasteiger partial charge in [-0.2, -0.15) is 0 Å². The van der Waals surface area contributed by atoms with Crippen molar-refractivity contribution < 1.29 is 4.74 Å². The summed E-state index contributed by atoms with van der Waals surface area (Å²) in [7, 11) is 0. The van der Waals surface area contributed by atoms with Gasteiger partial charge < -0.3 is 10.5 Å². The molecule has 2 heteroatoms. The summed E-state index contributed by atoms with van der Waals surface area (Å²) < 4.78 is 5.48. The molecule has 0 saturated carbocycles. The highest BCUT2D eigenvalue weighted by Crippen LogP contribution is 2.12. The molecular formula is C16H35NO. The maximum absolute atomic E-state index is 5.48. The molecule has 2 nitrogen and oxygen atoms in total. The minimum Gasteiger partial charge on any atom is -0.381 e. The van der Waals surface area contributed by atoms with Gasteiger partial charge in [0.15, 0.2) is 0 Å². The van der Waals surface area contributed by atoms with Crippen molar-refractivity contribution in [2.24, 2.45) is 11.7 Å². The Morgan fingerprint density at radius 3 is 1.78 bits per heavy atom. The van der Waals surface area contributed by atoms with Crippen LogP contribution < -0.4 is 5.73 Å². The van der Waals surface area contributed by atoms with Gasteiger partial charge in [0.25, 0.3) is 0 Å². The Kier molecular flexibility index (Phi) is 14.9. The molecule has 0 aliphatic carbocycles. The van der Waals surface area contributed by atoms with Gasteiger partial charge in [-0.1, -0.05) is 65.2 Å². The highest BCUT2D eigenvalue weighted by Gasteiger charge is 1.95. The summed E-state index contributed by atoms with van der Waals surface area (Å²) in [6.45, 7) is 7.14. The van der Waals surface area contributed by atoms with Crippen LogP contribution in [0, 0.1) is 5.92 Å². The lowest BCUT2D eigenvalue weighted by Crippen LogP contribution is -2.04. The normalized spacial score (nSPS) is 11.3. The van der Waals surface area contributed by atoms with E-state index in [9.17, 15) is 0 Å². The molecule has 0 aliphatic rings. The third-order valence-corrected chi connectivity index (χ3v) is 3.31. The summed E-state index contributed by atoms with van der Waals surface area (Å²) in [4.78, 5) is 0. The molecule has 0 amide bonds. The molecule has 0 aromatic heterocycles. The molecule has 0 aromatic carbocycles. The Bertz CT molecular complexity index is 148. The third-order valence-electron chi connectivity index (χ3n) is 3.31. The van der Waals surface area contributed by atoms with Gasteiger partial charge in [0.05, 0.1) is 0 Å². The Labute approximate surface area is 115 Å². The highest BCUT2D eigenvalue weighted by atomic mass is 16.5. The first-order valence-electron chi connectivity index (χ1n) is 8.05. The molecule has 0 atom stereocenters. The van der Waals surface area contributed by atoms with E-state index in [4.69, 9.17) is 10.5 Å². The lowest BCUT2D eigenvalue weighted by atomic mass is 10.0. The fourth-order valence-corrected chi connectivity index (χ4v) is 2.10. The highest BCUT2D eigenvalue weighted by molar-refractivity contribution is 4.49. The zero-order chi connectivity index (χ0) is 13.5. The molecule has 0 aliphatic heterocycles. The van der Waals surface area contributed by atoms with Crippen LogP contribution in [0.3, 0.4) is 0 Å². The maximum Gasteiger partial charge on any atom is 0.0478 e.